The number of hydrogen-bond donors (Lipinski definition) is 8. The van der Waals surface area contributed by atoms with Gasteiger partial charge in [-0.1, -0.05) is 91.0 Å². The molecule has 3 aromatic carbocycles. The van der Waals surface area contributed by atoms with E-state index in [1.807, 2.05) is 91.0 Å². The van der Waals surface area contributed by atoms with Gasteiger partial charge in [-0.2, -0.15) is 0 Å². The van der Waals surface area contributed by atoms with Crippen LogP contribution in [0, 0.1) is 11.3 Å². The normalized spacial score (nSPS) is 19.8. The lowest BCUT2D eigenvalue weighted by molar-refractivity contribution is -0.147. The van der Waals surface area contributed by atoms with E-state index in [2.05, 4.69) is 26.6 Å². The molecule has 2 aliphatic rings. The number of carboxylic acids is 1. The molecule has 0 aromatic heterocycles. The Labute approximate surface area is 325 Å². The number of carboxylic acid groups (broad SMARTS) is 1. The third kappa shape index (κ3) is 11.6. The SMILES string of the molecule is N=C(N)NCC[C@H](NC(=O)C1C[C@@H](Cc2ccccc2)[C@@H]2CCC(NC(=O)Cc3ccccc3)C(=O)N12)C(=O)NC(CC(=O)O)C(=O)NCCc1ccccc1. The number of piperidine rings is 1. The molecule has 0 radical (unpaired) electrons. The fourth-order valence-electron chi connectivity index (χ4n) is 7.52. The molecule has 0 aliphatic carbocycles. The van der Waals surface area contributed by atoms with Crippen LogP contribution in [-0.4, -0.2) is 94.8 Å². The van der Waals surface area contributed by atoms with Gasteiger partial charge in [0.1, 0.15) is 24.2 Å². The summed E-state index contributed by atoms with van der Waals surface area (Å²) in [6, 6.07) is 23.4. The summed E-state index contributed by atoms with van der Waals surface area (Å²) >= 11 is 0. The van der Waals surface area contributed by atoms with Gasteiger partial charge in [-0.25, -0.2) is 0 Å². The number of amides is 5. The third-order valence-electron chi connectivity index (χ3n) is 10.2. The highest BCUT2D eigenvalue weighted by Gasteiger charge is 2.51. The lowest BCUT2D eigenvalue weighted by atomic mass is 9.86. The van der Waals surface area contributed by atoms with Crippen molar-refractivity contribution in [1.82, 2.24) is 31.5 Å². The summed E-state index contributed by atoms with van der Waals surface area (Å²) in [6.45, 7) is 0.185. The first kappa shape index (κ1) is 40.9. The lowest BCUT2D eigenvalue weighted by Gasteiger charge is -2.39. The molecule has 2 heterocycles. The van der Waals surface area contributed by atoms with Crippen LogP contribution in [0.1, 0.15) is 48.8 Å². The van der Waals surface area contributed by atoms with Crippen LogP contribution in [0.15, 0.2) is 91.0 Å². The number of benzene rings is 3. The van der Waals surface area contributed by atoms with Crippen LogP contribution in [0.25, 0.3) is 0 Å². The molecule has 296 valence electrons. The first-order valence-electron chi connectivity index (χ1n) is 18.9. The molecule has 0 spiro atoms. The van der Waals surface area contributed by atoms with Crippen molar-refractivity contribution in [2.75, 3.05) is 13.1 Å². The maximum atomic E-state index is 14.3. The maximum absolute atomic E-state index is 14.3. The van der Waals surface area contributed by atoms with Crippen LogP contribution < -0.4 is 32.3 Å². The number of hydrogen-bond acceptors (Lipinski definition) is 7. The molecule has 6 atom stereocenters. The molecule has 5 amide bonds. The van der Waals surface area contributed by atoms with Gasteiger partial charge in [0, 0.05) is 19.1 Å². The molecular weight excluding hydrogens is 716 g/mol. The summed E-state index contributed by atoms with van der Waals surface area (Å²) in [7, 11) is 0. The van der Waals surface area contributed by atoms with Gasteiger partial charge >= 0.3 is 5.97 Å². The van der Waals surface area contributed by atoms with Crippen molar-refractivity contribution in [3.8, 4) is 0 Å². The molecule has 9 N–H and O–H groups in total. The van der Waals surface area contributed by atoms with Gasteiger partial charge in [0.25, 0.3) is 0 Å². The minimum Gasteiger partial charge on any atom is -0.481 e. The summed E-state index contributed by atoms with van der Waals surface area (Å²) in [5.74, 6) is -4.61. The average Bonchev–Trinajstić information content (AvgIpc) is 3.54. The van der Waals surface area contributed by atoms with Gasteiger partial charge in [-0.3, -0.25) is 34.2 Å². The standard InChI is InChI=1S/C41H50N8O7/c42-41(43)45-21-19-30(38(54)48-32(25-36(51)52)37(53)44-20-18-26-10-4-1-5-11-26)47-39(55)34-24-29(22-27-12-6-2-7-13-27)33-17-16-31(40(56)49(33)34)46-35(50)23-28-14-8-3-9-15-28/h1-15,29-34H,16-25H2,(H,44,53)(H,46,50)(H,47,55)(H,48,54)(H,51,52)(H4,42,43,45)/t29-,30+,31?,32?,33+,34?/m1/s1. The highest BCUT2D eigenvalue weighted by atomic mass is 16.4. The average molecular weight is 767 g/mol. The molecule has 5 rings (SSSR count). The molecular formula is C41H50N8O7. The molecule has 2 fully saturated rings. The molecule has 2 saturated heterocycles. The number of rotatable bonds is 18. The highest BCUT2D eigenvalue weighted by Crippen LogP contribution is 2.39. The van der Waals surface area contributed by atoms with Crippen LogP contribution in [-0.2, 0) is 48.0 Å². The van der Waals surface area contributed by atoms with Gasteiger partial charge in [-0.15, -0.1) is 0 Å². The van der Waals surface area contributed by atoms with Crippen molar-refractivity contribution in [1.29, 1.82) is 5.41 Å². The molecule has 3 unspecified atom stereocenters. The molecule has 15 heteroatoms. The van der Waals surface area contributed by atoms with E-state index in [-0.39, 0.29) is 55.7 Å². The van der Waals surface area contributed by atoms with Gasteiger partial charge in [-0.05, 0) is 61.1 Å². The first-order chi connectivity index (χ1) is 27.0. The van der Waals surface area contributed by atoms with Gasteiger partial charge in [0.15, 0.2) is 5.96 Å². The fourth-order valence-corrected chi connectivity index (χ4v) is 7.52. The van der Waals surface area contributed by atoms with Crippen LogP contribution in [0.5, 0.6) is 0 Å². The fraction of sp³-hybridized carbons (Fsp3) is 0.390. The number of carbonyl (C=O) groups excluding carboxylic acids is 5. The minimum atomic E-state index is -1.45. The first-order valence-corrected chi connectivity index (χ1v) is 18.9. The van der Waals surface area contributed by atoms with Gasteiger partial charge in [0.05, 0.1) is 12.8 Å². The van der Waals surface area contributed by atoms with Crippen molar-refractivity contribution >= 4 is 41.5 Å². The van der Waals surface area contributed by atoms with Crippen LogP contribution >= 0.6 is 0 Å². The largest absolute Gasteiger partial charge is 0.481 e. The number of nitrogens with two attached hydrogens (primary N) is 1. The summed E-state index contributed by atoms with van der Waals surface area (Å²) in [4.78, 5) is 81.7. The number of aliphatic carboxylic acids is 1. The molecule has 2 aliphatic heterocycles. The van der Waals surface area contributed by atoms with E-state index in [1.165, 1.54) is 0 Å². The Morgan fingerprint density at radius 1 is 0.786 bits per heavy atom. The number of nitrogens with zero attached hydrogens (tertiary/aromatic N) is 1. The minimum absolute atomic E-state index is 0.0113. The molecule has 0 saturated carbocycles. The molecule has 56 heavy (non-hydrogen) atoms. The van der Waals surface area contributed by atoms with Crippen molar-refractivity contribution in [3.63, 3.8) is 0 Å². The van der Waals surface area contributed by atoms with E-state index in [1.54, 1.807) is 4.90 Å². The summed E-state index contributed by atoms with van der Waals surface area (Å²) in [5, 5.41) is 30.5. The summed E-state index contributed by atoms with van der Waals surface area (Å²) in [6.07, 6.45) is 1.64. The van der Waals surface area contributed by atoms with E-state index in [4.69, 9.17) is 11.1 Å². The van der Waals surface area contributed by atoms with Gasteiger partial charge < -0.3 is 42.3 Å². The van der Waals surface area contributed by atoms with Crippen LogP contribution in [0.4, 0.5) is 0 Å². The van der Waals surface area contributed by atoms with E-state index >= 15 is 0 Å². The predicted octanol–water partition coefficient (Wildman–Crippen LogP) is 1.01. The molecule has 3 aromatic rings. The van der Waals surface area contributed by atoms with Gasteiger partial charge in [0.2, 0.25) is 29.5 Å². The maximum Gasteiger partial charge on any atom is 0.305 e. The Bertz CT molecular complexity index is 1850. The molecule has 0 bridgehead atoms. The van der Waals surface area contributed by atoms with Crippen molar-refractivity contribution < 1.29 is 33.9 Å². The Balaban J connectivity index is 1.32. The third-order valence-corrected chi connectivity index (χ3v) is 10.2. The summed E-state index contributed by atoms with van der Waals surface area (Å²) in [5.41, 5.74) is 8.27. The van der Waals surface area contributed by atoms with E-state index in [0.717, 1.165) is 16.7 Å². The quantitative estimate of drug-likeness (QED) is 0.0681. The zero-order valence-electron chi connectivity index (χ0n) is 31.1. The summed E-state index contributed by atoms with van der Waals surface area (Å²) < 4.78 is 0. The van der Waals surface area contributed by atoms with Crippen molar-refractivity contribution in [3.05, 3.63) is 108 Å². The van der Waals surface area contributed by atoms with Crippen molar-refractivity contribution in [2.45, 2.75) is 81.6 Å². The number of carbonyl (C=O) groups is 6. The number of nitrogens with one attached hydrogen (secondary N) is 6. The van der Waals surface area contributed by atoms with E-state index in [0.29, 0.717) is 32.1 Å². The Morgan fingerprint density at radius 2 is 1.41 bits per heavy atom. The van der Waals surface area contributed by atoms with Crippen LogP contribution in [0.2, 0.25) is 0 Å². The zero-order valence-corrected chi connectivity index (χ0v) is 31.1. The Morgan fingerprint density at radius 3 is 2.04 bits per heavy atom. The lowest BCUT2D eigenvalue weighted by Crippen LogP contribution is -2.61. The predicted molar refractivity (Wildman–Crippen MR) is 208 cm³/mol. The Kier molecular flexibility index (Phi) is 14.5. The van der Waals surface area contributed by atoms with E-state index in [9.17, 15) is 33.9 Å². The smallest absolute Gasteiger partial charge is 0.305 e. The van der Waals surface area contributed by atoms with Crippen LogP contribution in [0.3, 0.4) is 0 Å². The monoisotopic (exact) mass is 766 g/mol. The second kappa shape index (κ2) is 19.9. The highest BCUT2D eigenvalue weighted by molar-refractivity contribution is 5.97. The topological polar surface area (TPSA) is 236 Å². The number of fused-ring (bicyclic) bond motifs is 1. The Hall–Kier alpha value is -6.25. The number of guanidine groups is 1. The zero-order chi connectivity index (χ0) is 40.0. The second-order valence-corrected chi connectivity index (χ2v) is 14.2. The second-order valence-electron chi connectivity index (χ2n) is 14.2. The molecule has 15 nitrogen and oxygen atoms in total. The van der Waals surface area contributed by atoms with Crippen molar-refractivity contribution in [2.24, 2.45) is 11.7 Å². The van der Waals surface area contributed by atoms with E-state index < -0.39 is 54.3 Å².